The molecule has 10 heteroatoms. The summed E-state index contributed by atoms with van der Waals surface area (Å²) in [6.45, 7) is 0. The van der Waals surface area contributed by atoms with E-state index < -0.39 is 33.4 Å². The summed E-state index contributed by atoms with van der Waals surface area (Å²) in [6, 6.07) is 5.28. The summed E-state index contributed by atoms with van der Waals surface area (Å²) in [4.78, 5) is 0. The molecule has 0 aliphatic heterocycles. The van der Waals surface area contributed by atoms with E-state index in [1.54, 1.807) is 0 Å². The van der Waals surface area contributed by atoms with Crippen LogP contribution in [0.2, 0.25) is 5.02 Å². The summed E-state index contributed by atoms with van der Waals surface area (Å²) in [5, 5.41) is 12.0. The molecule has 126 valence electrons. The van der Waals surface area contributed by atoms with Crippen LogP contribution in [-0.4, -0.2) is 14.3 Å². The van der Waals surface area contributed by atoms with Crippen molar-refractivity contribution in [3.8, 4) is 0 Å². The summed E-state index contributed by atoms with van der Waals surface area (Å²) in [6.07, 6.45) is 0.827. The van der Waals surface area contributed by atoms with Gasteiger partial charge >= 0.3 is 29.6 Å². The van der Waals surface area contributed by atoms with Crippen molar-refractivity contribution in [2.45, 2.75) is 0 Å². The molecule has 0 atom stereocenters. The van der Waals surface area contributed by atoms with Crippen LogP contribution >= 0.6 is 11.6 Å². The van der Waals surface area contributed by atoms with Crippen molar-refractivity contribution in [1.82, 2.24) is 0 Å². The van der Waals surface area contributed by atoms with E-state index in [-0.39, 0.29) is 45.7 Å². The van der Waals surface area contributed by atoms with Gasteiger partial charge in [-0.3, -0.25) is 0 Å². The van der Waals surface area contributed by atoms with Crippen molar-refractivity contribution in [2.75, 3.05) is 0 Å². The number of nitrogens with zero attached hydrogens (tertiary/aromatic N) is 1. The SMILES string of the molecule is O=S(=O)(/C=C/c1ccc(F)cc1F)/N=C(\[O-])c1ccc(F)cc1Cl.[Na+]. The van der Waals surface area contributed by atoms with Gasteiger partial charge in [0.25, 0.3) is 10.0 Å². The molecule has 0 heterocycles. The Morgan fingerprint density at radius 2 is 1.68 bits per heavy atom. The Morgan fingerprint density at radius 1 is 1.08 bits per heavy atom. The molecule has 0 unspecified atom stereocenters. The van der Waals surface area contributed by atoms with Crippen molar-refractivity contribution >= 4 is 33.6 Å². The van der Waals surface area contributed by atoms with Crippen LogP contribution in [0.1, 0.15) is 11.1 Å². The van der Waals surface area contributed by atoms with E-state index in [0.717, 1.165) is 36.4 Å². The first kappa shape index (κ1) is 21.7. The third-order valence-electron chi connectivity index (χ3n) is 2.75. The molecule has 0 aromatic heterocycles. The third-order valence-corrected chi connectivity index (χ3v) is 3.97. The Balaban J connectivity index is 0.00000312. The van der Waals surface area contributed by atoms with Gasteiger partial charge in [0.15, 0.2) is 0 Å². The predicted octanol–water partition coefficient (Wildman–Crippen LogP) is -0.131. The zero-order valence-electron chi connectivity index (χ0n) is 12.7. The van der Waals surface area contributed by atoms with Crippen LogP contribution in [0.3, 0.4) is 0 Å². The van der Waals surface area contributed by atoms with E-state index in [4.69, 9.17) is 11.6 Å². The van der Waals surface area contributed by atoms with Gasteiger partial charge < -0.3 is 5.11 Å². The van der Waals surface area contributed by atoms with Gasteiger partial charge in [-0.25, -0.2) is 13.2 Å². The Morgan fingerprint density at radius 3 is 2.28 bits per heavy atom. The van der Waals surface area contributed by atoms with Crippen LogP contribution < -0.4 is 34.7 Å². The third kappa shape index (κ3) is 6.16. The molecule has 0 aliphatic carbocycles. The second-order valence-electron chi connectivity index (χ2n) is 4.50. The Hall–Kier alpha value is -1.32. The summed E-state index contributed by atoms with van der Waals surface area (Å²) >= 11 is 5.64. The van der Waals surface area contributed by atoms with Gasteiger partial charge in [-0.1, -0.05) is 11.6 Å². The quantitative estimate of drug-likeness (QED) is 0.410. The number of hydrogen-bond donors (Lipinski definition) is 0. The molecule has 0 radical (unpaired) electrons. The first-order chi connectivity index (χ1) is 11.2. The monoisotopic (exact) mass is 397 g/mol. The molecular weight excluding hydrogens is 390 g/mol. The average molecular weight is 398 g/mol. The second-order valence-corrected chi connectivity index (χ2v) is 6.40. The molecule has 0 saturated carbocycles. The van der Waals surface area contributed by atoms with Crippen molar-refractivity contribution in [1.29, 1.82) is 0 Å². The number of sulfonamides is 1. The predicted molar refractivity (Wildman–Crippen MR) is 82.3 cm³/mol. The number of rotatable bonds is 4. The van der Waals surface area contributed by atoms with Crippen molar-refractivity contribution in [2.24, 2.45) is 4.40 Å². The summed E-state index contributed by atoms with van der Waals surface area (Å²) in [5.74, 6) is -3.71. The fourth-order valence-electron chi connectivity index (χ4n) is 1.65. The fourth-order valence-corrected chi connectivity index (χ4v) is 2.61. The molecule has 4 nitrogen and oxygen atoms in total. The Labute approximate surface area is 169 Å². The van der Waals surface area contributed by atoms with Crippen LogP contribution in [0.15, 0.2) is 46.2 Å². The number of benzene rings is 2. The molecule has 0 saturated heterocycles. The molecule has 0 spiro atoms. The minimum absolute atomic E-state index is 0. The van der Waals surface area contributed by atoms with Gasteiger partial charge in [-0.05, 0) is 36.4 Å². The fraction of sp³-hybridized carbons (Fsp3) is 0. The molecular formula is C15H8ClF3NNaO3S. The molecule has 2 aromatic rings. The topological polar surface area (TPSA) is 69.6 Å². The van der Waals surface area contributed by atoms with Gasteiger partial charge in [0.1, 0.15) is 17.5 Å². The smallest absolute Gasteiger partial charge is 0.858 e. The second kappa shape index (κ2) is 8.86. The zero-order chi connectivity index (χ0) is 17.9. The first-order valence-electron chi connectivity index (χ1n) is 6.28. The molecule has 0 aliphatic rings. The molecule has 2 rings (SSSR count). The number of hydrogen-bond acceptors (Lipinski definition) is 3. The van der Waals surface area contributed by atoms with Crippen LogP contribution in [0.25, 0.3) is 6.08 Å². The van der Waals surface area contributed by atoms with Gasteiger partial charge in [0, 0.05) is 23.1 Å². The minimum Gasteiger partial charge on any atom is -0.858 e. The normalized spacial score (nSPS) is 12.2. The van der Waals surface area contributed by atoms with Gasteiger partial charge in [-0.15, -0.1) is 0 Å². The van der Waals surface area contributed by atoms with E-state index >= 15 is 0 Å². The minimum atomic E-state index is -4.40. The maximum absolute atomic E-state index is 13.4. The van der Waals surface area contributed by atoms with E-state index in [9.17, 15) is 26.7 Å². The summed E-state index contributed by atoms with van der Waals surface area (Å²) in [7, 11) is -4.40. The Kier molecular flexibility index (Phi) is 7.70. The van der Waals surface area contributed by atoms with Gasteiger partial charge in [0.2, 0.25) is 0 Å². The standard InChI is InChI=1S/C15H9ClF3NO3S.Na/c16-13-7-10(17)3-4-12(13)15(21)20-24(22,23)6-5-9-1-2-11(18)8-14(9)19;/h1-8H,(H,20,21);/q;+1/p-1/b6-5+;. The van der Waals surface area contributed by atoms with Crippen LogP contribution in [0, 0.1) is 17.5 Å². The summed E-state index contributed by atoms with van der Waals surface area (Å²) in [5.41, 5.74) is -0.509. The molecule has 2 aromatic carbocycles. The molecule has 0 amide bonds. The average Bonchev–Trinajstić information content (AvgIpc) is 2.45. The molecule has 0 fully saturated rings. The maximum atomic E-state index is 13.4. The van der Waals surface area contributed by atoms with E-state index in [1.165, 1.54) is 0 Å². The molecule has 0 bridgehead atoms. The van der Waals surface area contributed by atoms with Crippen LogP contribution in [0.4, 0.5) is 13.2 Å². The van der Waals surface area contributed by atoms with E-state index in [0.29, 0.717) is 11.5 Å². The molecule has 25 heavy (non-hydrogen) atoms. The van der Waals surface area contributed by atoms with Gasteiger partial charge in [0.05, 0.1) is 10.4 Å². The number of halogens is 4. The van der Waals surface area contributed by atoms with E-state index in [2.05, 4.69) is 4.40 Å². The summed E-state index contributed by atoms with van der Waals surface area (Å²) < 4.78 is 65.6. The zero-order valence-corrected chi connectivity index (χ0v) is 16.3. The first-order valence-corrected chi connectivity index (χ1v) is 8.16. The van der Waals surface area contributed by atoms with Gasteiger partial charge in [-0.2, -0.15) is 12.8 Å². The largest absolute Gasteiger partial charge is 1.00 e. The van der Waals surface area contributed by atoms with E-state index in [1.807, 2.05) is 0 Å². The Bertz CT molecular complexity index is 949. The van der Waals surface area contributed by atoms with Crippen molar-refractivity contribution in [3.63, 3.8) is 0 Å². The maximum Gasteiger partial charge on any atom is 1.00 e. The molecule has 0 N–H and O–H groups in total. The van der Waals surface area contributed by atoms with Crippen molar-refractivity contribution < 1.29 is 56.3 Å². The van der Waals surface area contributed by atoms with Crippen molar-refractivity contribution in [3.05, 3.63) is 75.4 Å². The van der Waals surface area contributed by atoms with Crippen LogP contribution in [0.5, 0.6) is 0 Å². The van der Waals surface area contributed by atoms with Crippen LogP contribution in [-0.2, 0) is 10.0 Å².